The largest absolute Gasteiger partial charge is 0.481 e. The van der Waals surface area contributed by atoms with Crippen molar-refractivity contribution in [3.63, 3.8) is 0 Å². The van der Waals surface area contributed by atoms with Gasteiger partial charge in [-0.3, -0.25) is 4.79 Å². The third-order valence-corrected chi connectivity index (χ3v) is 2.33. The maximum absolute atomic E-state index is 10.6. The molecule has 1 heterocycles. The highest BCUT2D eigenvalue weighted by atomic mass is 16.5. The summed E-state index contributed by atoms with van der Waals surface area (Å²) in [5.41, 5.74) is 0. The van der Waals surface area contributed by atoms with Crippen molar-refractivity contribution in [2.45, 2.75) is 26.3 Å². The Kier molecular flexibility index (Phi) is 6.01. The molecule has 7 heteroatoms. The van der Waals surface area contributed by atoms with Crippen LogP contribution in [0.5, 0.6) is 0 Å². The Hall–Kier alpha value is -1.89. The zero-order chi connectivity index (χ0) is 14.3. The van der Waals surface area contributed by atoms with Gasteiger partial charge < -0.3 is 20.5 Å². The zero-order valence-corrected chi connectivity index (χ0v) is 11.4. The molecule has 1 atom stereocenters. The predicted octanol–water partition coefficient (Wildman–Crippen LogP) is 1.12. The van der Waals surface area contributed by atoms with Crippen LogP contribution in [-0.4, -0.2) is 47.3 Å². The summed E-state index contributed by atoms with van der Waals surface area (Å²) in [5, 5.41) is 14.9. The lowest BCUT2D eigenvalue weighted by molar-refractivity contribution is -0.137. The van der Waals surface area contributed by atoms with E-state index < -0.39 is 5.97 Å². The minimum Gasteiger partial charge on any atom is -0.481 e. The Labute approximate surface area is 112 Å². The topological polar surface area (TPSA) is 96.4 Å². The maximum Gasteiger partial charge on any atom is 0.305 e. The molecule has 0 bridgehead atoms. The fourth-order valence-corrected chi connectivity index (χ4v) is 1.58. The molecule has 0 aromatic carbocycles. The van der Waals surface area contributed by atoms with E-state index in [1.807, 2.05) is 0 Å². The normalized spacial score (nSPS) is 11.9. The minimum absolute atomic E-state index is 0.0372. The summed E-state index contributed by atoms with van der Waals surface area (Å²) in [6, 6.07) is 1.56. The summed E-state index contributed by atoms with van der Waals surface area (Å²) >= 11 is 0. The molecule has 7 nitrogen and oxygen atoms in total. The van der Waals surface area contributed by atoms with Gasteiger partial charge in [0.05, 0.1) is 13.0 Å². The van der Waals surface area contributed by atoms with Crippen LogP contribution < -0.4 is 10.6 Å². The van der Waals surface area contributed by atoms with Gasteiger partial charge in [-0.05, 0) is 13.8 Å². The van der Waals surface area contributed by atoms with Crippen LogP contribution in [0.25, 0.3) is 0 Å². The molecule has 0 saturated heterocycles. The Morgan fingerprint density at radius 3 is 2.79 bits per heavy atom. The first kappa shape index (κ1) is 15.2. The SMILES string of the molecule is COCCNc1cc(NC(C)CC(=O)O)nc(C)n1. The monoisotopic (exact) mass is 268 g/mol. The van der Waals surface area contributed by atoms with E-state index in [1.165, 1.54) is 0 Å². The highest BCUT2D eigenvalue weighted by Gasteiger charge is 2.09. The number of carbonyl (C=O) groups is 1. The second-order valence-electron chi connectivity index (χ2n) is 4.25. The summed E-state index contributed by atoms with van der Waals surface area (Å²) in [6.07, 6.45) is 0.0372. The maximum atomic E-state index is 10.6. The molecule has 0 aliphatic heterocycles. The summed E-state index contributed by atoms with van der Waals surface area (Å²) in [4.78, 5) is 19.1. The number of anilines is 2. The van der Waals surface area contributed by atoms with Crippen molar-refractivity contribution in [3.8, 4) is 0 Å². The van der Waals surface area contributed by atoms with Crippen molar-refractivity contribution in [3.05, 3.63) is 11.9 Å². The molecule has 0 fully saturated rings. The lowest BCUT2D eigenvalue weighted by atomic mass is 10.2. The quantitative estimate of drug-likeness (QED) is 0.608. The van der Waals surface area contributed by atoms with Crippen molar-refractivity contribution < 1.29 is 14.6 Å². The van der Waals surface area contributed by atoms with E-state index in [0.717, 1.165) is 0 Å². The number of carboxylic acid groups (broad SMARTS) is 1. The van der Waals surface area contributed by atoms with Crippen molar-refractivity contribution in [2.75, 3.05) is 30.9 Å². The molecule has 0 aliphatic carbocycles. The van der Waals surface area contributed by atoms with Crippen molar-refractivity contribution in [1.82, 2.24) is 9.97 Å². The number of aromatic nitrogens is 2. The number of methoxy groups -OCH3 is 1. The summed E-state index contributed by atoms with van der Waals surface area (Å²) in [5.74, 6) is 1.08. The van der Waals surface area contributed by atoms with Crippen LogP contribution in [0.2, 0.25) is 0 Å². The number of hydrogen-bond donors (Lipinski definition) is 3. The number of nitrogens with one attached hydrogen (secondary N) is 2. The van der Waals surface area contributed by atoms with Gasteiger partial charge in [-0.2, -0.15) is 0 Å². The van der Waals surface area contributed by atoms with Crippen LogP contribution in [0.15, 0.2) is 6.07 Å². The van der Waals surface area contributed by atoms with Gasteiger partial charge in [0.15, 0.2) is 0 Å². The Morgan fingerprint density at radius 1 is 1.47 bits per heavy atom. The Morgan fingerprint density at radius 2 is 2.16 bits per heavy atom. The van der Waals surface area contributed by atoms with Gasteiger partial charge >= 0.3 is 5.97 Å². The van der Waals surface area contributed by atoms with Crippen LogP contribution in [0.1, 0.15) is 19.2 Å². The number of hydrogen-bond acceptors (Lipinski definition) is 6. The smallest absolute Gasteiger partial charge is 0.305 e. The lowest BCUT2D eigenvalue weighted by Gasteiger charge is -2.14. The molecule has 0 spiro atoms. The molecular formula is C12H20N4O3. The third kappa shape index (κ3) is 6.01. The molecule has 0 amide bonds. The molecule has 0 saturated carbocycles. The zero-order valence-electron chi connectivity index (χ0n) is 11.4. The number of nitrogens with zero attached hydrogens (tertiary/aromatic N) is 2. The first-order valence-electron chi connectivity index (χ1n) is 6.08. The number of rotatable bonds is 8. The van der Waals surface area contributed by atoms with Gasteiger partial charge in [-0.15, -0.1) is 0 Å². The van der Waals surface area contributed by atoms with E-state index in [-0.39, 0.29) is 12.5 Å². The Balaban J connectivity index is 2.64. The van der Waals surface area contributed by atoms with Crippen molar-refractivity contribution in [2.24, 2.45) is 0 Å². The van der Waals surface area contributed by atoms with E-state index >= 15 is 0 Å². The predicted molar refractivity (Wildman–Crippen MR) is 72.5 cm³/mol. The molecule has 0 radical (unpaired) electrons. The van der Waals surface area contributed by atoms with Crippen molar-refractivity contribution >= 4 is 17.6 Å². The molecule has 3 N–H and O–H groups in total. The van der Waals surface area contributed by atoms with E-state index in [4.69, 9.17) is 9.84 Å². The standard InChI is InChI=1S/C12H20N4O3/c1-8(6-12(17)18)14-11-7-10(13-4-5-19-3)15-9(2)16-11/h7-8H,4-6H2,1-3H3,(H,17,18)(H2,13,14,15,16). The van der Waals surface area contributed by atoms with E-state index in [1.54, 1.807) is 27.0 Å². The molecule has 1 unspecified atom stereocenters. The number of ether oxygens (including phenoxy) is 1. The van der Waals surface area contributed by atoms with Gasteiger partial charge in [0.2, 0.25) is 0 Å². The molecule has 1 rings (SSSR count). The van der Waals surface area contributed by atoms with Crippen LogP contribution in [0.4, 0.5) is 11.6 Å². The van der Waals surface area contributed by atoms with Gasteiger partial charge in [0.1, 0.15) is 17.5 Å². The molecule has 1 aromatic rings. The molecule has 0 aliphatic rings. The fourth-order valence-electron chi connectivity index (χ4n) is 1.58. The average molecular weight is 268 g/mol. The summed E-state index contributed by atoms with van der Waals surface area (Å²) < 4.78 is 4.95. The molecule has 106 valence electrons. The van der Waals surface area contributed by atoms with Gasteiger partial charge in [-0.25, -0.2) is 9.97 Å². The number of carboxylic acids is 1. The first-order valence-corrected chi connectivity index (χ1v) is 6.08. The van der Waals surface area contributed by atoms with E-state index in [9.17, 15) is 4.79 Å². The first-order chi connectivity index (χ1) is 9.01. The van der Waals surface area contributed by atoms with Crippen LogP contribution >= 0.6 is 0 Å². The van der Waals surface area contributed by atoms with E-state index in [2.05, 4.69) is 20.6 Å². The number of aryl methyl sites for hydroxylation is 1. The highest BCUT2D eigenvalue weighted by Crippen LogP contribution is 2.12. The van der Waals surface area contributed by atoms with Crippen LogP contribution in [0.3, 0.4) is 0 Å². The van der Waals surface area contributed by atoms with Crippen LogP contribution in [0, 0.1) is 6.92 Å². The molecule has 19 heavy (non-hydrogen) atoms. The average Bonchev–Trinajstić information content (AvgIpc) is 2.27. The van der Waals surface area contributed by atoms with Gasteiger partial charge in [-0.1, -0.05) is 0 Å². The highest BCUT2D eigenvalue weighted by molar-refractivity contribution is 5.68. The van der Waals surface area contributed by atoms with E-state index in [0.29, 0.717) is 30.6 Å². The molecular weight excluding hydrogens is 248 g/mol. The minimum atomic E-state index is -0.843. The second-order valence-corrected chi connectivity index (χ2v) is 4.25. The van der Waals surface area contributed by atoms with Crippen LogP contribution in [-0.2, 0) is 9.53 Å². The number of aliphatic carboxylic acids is 1. The fraction of sp³-hybridized carbons (Fsp3) is 0.583. The lowest BCUT2D eigenvalue weighted by Crippen LogP contribution is -2.20. The van der Waals surface area contributed by atoms with Crippen molar-refractivity contribution in [1.29, 1.82) is 0 Å². The molecule has 1 aromatic heterocycles. The van der Waals surface area contributed by atoms with Gasteiger partial charge in [0, 0.05) is 25.8 Å². The summed E-state index contributed by atoms with van der Waals surface area (Å²) in [7, 11) is 1.63. The Bertz CT molecular complexity index is 425. The second kappa shape index (κ2) is 7.52. The van der Waals surface area contributed by atoms with Gasteiger partial charge in [0.25, 0.3) is 0 Å². The summed E-state index contributed by atoms with van der Waals surface area (Å²) in [6.45, 7) is 4.82. The third-order valence-electron chi connectivity index (χ3n) is 2.33.